The lowest BCUT2D eigenvalue weighted by Crippen LogP contribution is -1.88. The molecule has 0 aliphatic rings. The van der Waals surface area contributed by atoms with E-state index in [2.05, 4.69) is 15.3 Å². The molecule has 0 aliphatic heterocycles. The van der Waals surface area contributed by atoms with Crippen LogP contribution in [-0.4, -0.2) is 9.97 Å². The average molecular weight is 304 g/mol. The molecule has 3 aromatic rings. The molecule has 0 spiro atoms. The van der Waals surface area contributed by atoms with Crippen LogP contribution >= 0.6 is 22.7 Å². The van der Waals surface area contributed by atoms with Gasteiger partial charge >= 0.3 is 0 Å². The van der Waals surface area contributed by atoms with E-state index in [9.17, 15) is 4.39 Å². The van der Waals surface area contributed by atoms with Crippen molar-refractivity contribution in [3.8, 4) is 11.3 Å². The summed E-state index contributed by atoms with van der Waals surface area (Å²) >= 11 is 3.33. The van der Waals surface area contributed by atoms with E-state index in [1.807, 2.05) is 13.8 Å². The third-order valence-electron chi connectivity index (χ3n) is 2.96. The monoisotopic (exact) mass is 304 g/mol. The third kappa shape index (κ3) is 2.78. The summed E-state index contributed by atoms with van der Waals surface area (Å²) in [5.41, 5.74) is 2.96. The number of hydrogen-bond acceptors (Lipinski definition) is 4. The molecule has 0 saturated heterocycles. The van der Waals surface area contributed by atoms with Crippen molar-refractivity contribution in [3.63, 3.8) is 0 Å². The highest BCUT2D eigenvalue weighted by Crippen LogP contribution is 2.29. The Bertz CT molecular complexity index is 729. The molecule has 0 bridgehead atoms. The summed E-state index contributed by atoms with van der Waals surface area (Å²) in [6, 6.07) is 6.48. The second-order valence-corrected chi connectivity index (χ2v) is 6.90. The van der Waals surface area contributed by atoms with Crippen molar-refractivity contribution >= 4 is 22.7 Å². The summed E-state index contributed by atoms with van der Waals surface area (Å²) < 4.78 is 13.0. The fraction of sp³-hybridized carbons (Fsp3) is 0.200. The summed E-state index contributed by atoms with van der Waals surface area (Å²) in [5.74, 6) is -0.222. The Morgan fingerprint density at radius 1 is 1.10 bits per heavy atom. The number of halogens is 1. The first-order chi connectivity index (χ1) is 9.61. The minimum absolute atomic E-state index is 0.222. The van der Waals surface area contributed by atoms with Crippen molar-refractivity contribution in [2.45, 2.75) is 20.3 Å². The molecule has 1 aromatic carbocycles. The van der Waals surface area contributed by atoms with E-state index in [-0.39, 0.29) is 5.82 Å². The maximum atomic E-state index is 13.0. The zero-order valence-corrected chi connectivity index (χ0v) is 12.8. The van der Waals surface area contributed by atoms with Crippen molar-refractivity contribution in [2.24, 2.45) is 0 Å². The minimum atomic E-state index is -0.222. The second-order valence-electron chi connectivity index (χ2n) is 4.55. The topological polar surface area (TPSA) is 25.8 Å². The van der Waals surface area contributed by atoms with Crippen molar-refractivity contribution < 1.29 is 4.39 Å². The minimum Gasteiger partial charge on any atom is -0.246 e. The van der Waals surface area contributed by atoms with E-state index >= 15 is 0 Å². The Balaban J connectivity index is 1.89. The summed E-state index contributed by atoms with van der Waals surface area (Å²) in [4.78, 5) is 10.3. The highest BCUT2D eigenvalue weighted by atomic mass is 32.1. The van der Waals surface area contributed by atoms with Crippen LogP contribution in [0, 0.1) is 19.7 Å². The van der Waals surface area contributed by atoms with Crippen LogP contribution in [0.5, 0.6) is 0 Å². The molecule has 102 valence electrons. The zero-order valence-electron chi connectivity index (χ0n) is 11.2. The van der Waals surface area contributed by atoms with Gasteiger partial charge in [-0.15, -0.1) is 22.7 Å². The Morgan fingerprint density at radius 3 is 2.50 bits per heavy atom. The van der Waals surface area contributed by atoms with Gasteiger partial charge in [-0.05, 0) is 38.1 Å². The molecule has 20 heavy (non-hydrogen) atoms. The molecule has 2 aromatic heterocycles. The lowest BCUT2D eigenvalue weighted by molar-refractivity contribution is 0.628. The first kappa shape index (κ1) is 13.4. The number of hydrogen-bond donors (Lipinski definition) is 0. The van der Waals surface area contributed by atoms with E-state index < -0.39 is 0 Å². The lowest BCUT2D eigenvalue weighted by Gasteiger charge is -1.97. The van der Waals surface area contributed by atoms with Crippen LogP contribution in [0.1, 0.15) is 20.6 Å². The normalized spacial score (nSPS) is 10.9. The van der Waals surface area contributed by atoms with E-state index in [0.29, 0.717) is 0 Å². The first-order valence-electron chi connectivity index (χ1n) is 6.25. The molecule has 0 fully saturated rings. The van der Waals surface area contributed by atoms with Crippen molar-refractivity contribution in [3.05, 3.63) is 56.0 Å². The fourth-order valence-electron chi connectivity index (χ4n) is 2.05. The highest BCUT2D eigenvalue weighted by Gasteiger charge is 2.11. The van der Waals surface area contributed by atoms with Gasteiger partial charge < -0.3 is 0 Å². The number of aromatic nitrogens is 2. The maximum Gasteiger partial charge on any atom is 0.123 e. The van der Waals surface area contributed by atoms with Crippen molar-refractivity contribution in [2.75, 3.05) is 0 Å². The van der Waals surface area contributed by atoms with E-state index in [4.69, 9.17) is 0 Å². The summed E-state index contributed by atoms with van der Waals surface area (Å²) in [6.45, 7) is 4.05. The van der Waals surface area contributed by atoms with Gasteiger partial charge in [-0.3, -0.25) is 0 Å². The van der Waals surface area contributed by atoms with Gasteiger partial charge in [0.25, 0.3) is 0 Å². The van der Waals surface area contributed by atoms with Gasteiger partial charge in [0.15, 0.2) is 0 Å². The van der Waals surface area contributed by atoms with Gasteiger partial charge in [-0.2, -0.15) is 0 Å². The number of aryl methyl sites for hydroxylation is 2. The predicted molar refractivity (Wildman–Crippen MR) is 81.9 cm³/mol. The number of rotatable bonds is 3. The Morgan fingerprint density at radius 2 is 1.85 bits per heavy atom. The van der Waals surface area contributed by atoms with Crippen LogP contribution in [0.25, 0.3) is 11.3 Å². The van der Waals surface area contributed by atoms with Crippen LogP contribution in [0.3, 0.4) is 0 Å². The third-order valence-corrected chi connectivity index (χ3v) is 4.75. The molecule has 0 unspecified atom stereocenters. The van der Waals surface area contributed by atoms with Crippen LogP contribution in [-0.2, 0) is 6.42 Å². The molecule has 0 atom stereocenters. The van der Waals surface area contributed by atoms with E-state index in [1.54, 1.807) is 34.8 Å². The van der Waals surface area contributed by atoms with E-state index in [0.717, 1.165) is 38.3 Å². The predicted octanol–water partition coefficient (Wildman–Crippen LogP) is 4.61. The van der Waals surface area contributed by atoms with Gasteiger partial charge in [-0.25, -0.2) is 14.4 Å². The second kappa shape index (κ2) is 5.42. The quantitative estimate of drug-likeness (QED) is 0.706. The standard InChI is InChI=1S/C15H13FN2S2/c1-9-15(11-3-5-12(16)6-4-11)18-14(20-9)7-13-8-19-10(2)17-13/h3-6,8H,7H2,1-2H3. The molecule has 0 radical (unpaired) electrons. The van der Waals surface area contributed by atoms with Crippen LogP contribution in [0.2, 0.25) is 0 Å². The Hall–Kier alpha value is -1.59. The van der Waals surface area contributed by atoms with Gasteiger partial charge in [0.1, 0.15) is 5.82 Å². The zero-order chi connectivity index (χ0) is 14.1. The molecule has 3 rings (SSSR count). The van der Waals surface area contributed by atoms with Crippen LogP contribution in [0.4, 0.5) is 4.39 Å². The summed E-state index contributed by atoms with van der Waals surface area (Å²) in [5, 5.41) is 4.20. The largest absolute Gasteiger partial charge is 0.246 e. The lowest BCUT2D eigenvalue weighted by atomic mass is 10.1. The molecule has 2 heterocycles. The van der Waals surface area contributed by atoms with Crippen molar-refractivity contribution in [1.82, 2.24) is 9.97 Å². The fourth-order valence-corrected chi connectivity index (χ4v) is 3.63. The Labute approximate surface area is 125 Å². The molecule has 0 aliphatic carbocycles. The van der Waals surface area contributed by atoms with Gasteiger partial charge in [0.2, 0.25) is 0 Å². The average Bonchev–Trinajstić information content (AvgIpc) is 2.97. The number of benzene rings is 1. The van der Waals surface area contributed by atoms with Gasteiger partial charge in [0, 0.05) is 22.2 Å². The SMILES string of the molecule is Cc1nc(Cc2nc(-c3ccc(F)cc3)c(C)s2)cs1. The summed E-state index contributed by atoms with van der Waals surface area (Å²) in [7, 11) is 0. The number of nitrogens with zero attached hydrogens (tertiary/aromatic N) is 2. The molecule has 2 nitrogen and oxygen atoms in total. The van der Waals surface area contributed by atoms with Crippen molar-refractivity contribution in [1.29, 1.82) is 0 Å². The van der Waals surface area contributed by atoms with Gasteiger partial charge in [-0.1, -0.05) is 0 Å². The smallest absolute Gasteiger partial charge is 0.123 e. The molecule has 5 heteroatoms. The molecular formula is C15H13FN2S2. The highest BCUT2D eigenvalue weighted by molar-refractivity contribution is 7.12. The maximum absolute atomic E-state index is 13.0. The first-order valence-corrected chi connectivity index (χ1v) is 7.94. The Kier molecular flexibility index (Phi) is 3.63. The number of thiazole rings is 2. The van der Waals surface area contributed by atoms with Gasteiger partial charge in [0.05, 0.1) is 21.4 Å². The summed E-state index contributed by atoms with van der Waals surface area (Å²) in [6.07, 6.45) is 0.761. The van der Waals surface area contributed by atoms with Crippen LogP contribution in [0.15, 0.2) is 29.6 Å². The van der Waals surface area contributed by atoms with Crippen LogP contribution < -0.4 is 0 Å². The molecule has 0 saturated carbocycles. The molecule has 0 amide bonds. The van der Waals surface area contributed by atoms with E-state index in [1.165, 1.54) is 12.1 Å². The molecular weight excluding hydrogens is 291 g/mol. The molecule has 0 N–H and O–H groups in total.